The van der Waals surface area contributed by atoms with Gasteiger partial charge in [-0.25, -0.2) is 0 Å². The van der Waals surface area contributed by atoms with E-state index in [9.17, 15) is 0 Å². The Balaban J connectivity index is 1.94. The number of hydrogen-bond donors (Lipinski definition) is 1. The predicted octanol–water partition coefficient (Wildman–Crippen LogP) is 4.23. The van der Waals surface area contributed by atoms with Crippen LogP contribution in [-0.2, 0) is 12.0 Å². The molecule has 0 unspecified atom stereocenters. The van der Waals surface area contributed by atoms with Crippen LogP contribution in [0.3, 0.4) is 0 Å². The molecule has 2 aromatic rings. The van der Waals surface area contributed by atoms with Crippen molar-refractivity contribution in [3.8, 4) is 0 Å². The molecule has 0 saturated carbocycles. The van der Waals surface area contributed by atoms with Crippen molar-refractivity contribution in [2.45, 2.75) is 45.7 Å². The lowest BCUT2D eigenvalue weighted by Gasteiger charge is -2.19. The van der Waals surface area contributed by atoms with Crippen molar-refractivity contribution in [3.05, 3.63) is 65.5 Å². The molecule has 0 aliphatic rings. The third-order valence-electron chi connectivity index (χ3n) is 3.62. The number of pyridine rings is 1. The molecule has 2 heteroatoms. The van der Waals surface area contributed by atoms with E-state index < -0.39 is 0 Å². The summed E-state index contributed by atoms with van der Waals surface area (Å²) in [6, 6.07) is 13.3. The highest BCUT2D eigenvalue weighted by atomic mass is 14.9. The van der Waals surface area contributed by atoms with E-state index in [4.69, 9.17) is 0 Å². The Kier molecular flexibility index (Phi) is 4.56. The first-order valence-corrected chi connectivity index (χ1v) is 7.19. The Bertz CT molecular complexity index is 524. The second-order valence-electron chi connectivity index (χ2n) is 6.34. The highest BCUT2D eigenvalue weighted by Crippen LogP contribution is 2.22. The van der Waals surface area contributed by atoms with Crippen molar-refractivity contribution >= 4 is 0 Å². The van der Waals surface area contributed by atoms with Crippen LogP contribution in [0.5, 0.6) is 0 Å². The summed E-state index contributed by atoms with van der Waals surface area (Å²) >= 11 is 0. The van der Waals surface area contributed by atoms with Gasteiger partial charge in [-0.3, -0.25) is 4.98 Å². The van der Waals surface area contributed by atoms with E-state index in [2.05, 4.69) is 68.3 Å². The maximum absolute atomic E-state index is 4.16. The highest BCUT2D eigenvalue weighted by Gasteiger charge is 2.12. The Labute approximate surface area is 122 Å². The molecule has 106 valence electrons. The summed E-state index contributed by atoms with van der Waals surface area (Å²) in [5.74, 6) is 0. The number of aromatic nitrogens is 1. The van der Waals surface area contributed by atoms with Gasteiger partial charge in [0.05, 0.1) is 0 Å². The van der Waals surface area contributed by atoms with E-state index in [-0.39, 0.29) is 5.41 Å². The number of nitrogens with zero attached hydrogens (tertiary/aromatic N) is 1. The molecule has 0 aliphatic carbocycles. The van der Waals surface area contributed by atoms with E-state index in [0.717, 1.165) is 6.54 Å². The number of nitrogens with one attached hydrogen (secondary N) is 1. The van der Waals surface area contributed by atoms with Gasteiger partial charge in [-0.05, 0) is 35.1 Å². The standard InChI is InChI=1S/C18H24N2/c1-14(16-6-5-11-19-13-16)20-12-15-7-9-17(10-8-15)18(2,3)4/h5-11,13-14,20H,12H2,1-4H3/t14-/m1/s1. The number of hydrogen-bond acceptors (Lipinski definition) is 2. The Morgan fingerprint density at radius 3 is 2.35 bits per heavy atom. The van der Waals surface area contributed by atoms with Crippen LogP contribution in [0.1, 0.15) is 50.4 Å². The van der Waals surface area contributed by atoms with Crippen LogP contribution >= 0.6 is 0 Å². The van der Waals surface area contributed by atoms with Gasteiger partial charge in [0.15, 0.2) is 0 Å². The van der Waals surface area contributed by atoms with Gasteiger partial charge in [0.25, 0.3) is 0 Å². The van der Waals surface area contributed by atoms with Crippen molar-refractivity contribution in [1.29, 1.82) is 0 Å². The fourth-order valence-corrected chi connectivity index (χ4v) is 2.14. The van der Waals surface area contributed by atoms with Gasteiger partial charge in [-0.15, -0.1) is 0 Å². The molecule has 1 atom stereocenters. The molecule has 1 N–H and O–H groups in total. The first-order valence-electron chi connectivity index (χ1n) is 7.19. The van der Waals surface area contributed by atoms with Crippen LogP contribution in [0, 0.1) is 0 Å². The first-order chi connectivity index (χ1) is 9.47. The van der Waals surface area contributed by atoms with E-state index in [1.165, 1.54) is 16.7 Å². The van der Waals surface area contributed by atoms with Gasteiger partial charge >= 0.3 is 0 Å². The molecule has 1 aromatic carbocycles. The normalized spacial score (nSPS) is 13.2. The third kappa shape index (κ3) is 3.91. The summed E-state index contributed by atoms with van der Waals surface area (Å²) in [5.41, 5.74) is 4.13. The van der Waals surface area contributed by atoms with E-state index in [1.54, 1.807) is 6.20 Å². The third-order valence-corrected chi connectivity index (χ3v) is 3.62. The second kappa shape index (κ2) is 6.19. The maximum atomic E-state index is 4.16. The van der Waals surface area contributed by atoms with Gasteiger partial charge in [0, 0.05) is 25.0 Å². The smallest absolute Gasteiger partial charge is 0.0315 e. The molecule has 0 aliphatic heterocycles. The molecule has 1 aromatic heterocycles. The van der Waals surface area contributed by atoms with Crippen LogP contribution < -0.4 is 5.32 Å². The Hall–Kier alpha value is -1.67. The molecule has 0 saturated heterocycles. The zero-order chi connectivity index (χ0) is 14.6. The molecule has 0 bridgehead atoms. The molecule has 0 spiro atoms. The molecule has 0 fully saturated rings. The average molecular weight is 268 g/mol. The zero-order valence-corrected chi connectivity index (χ0v) is 12.9. The molecule has 2 nitrogen and oxygen atoms in total. The lowest BCUT2D eigenvalue weighted by molar-refractivity contribution is 0.570. The topological polar surface area (TPSA) is 24.9 Å². The zero-order valence-electron chi connectivity index (χ0n) is 12.9. The second-order valence-corrected chi connectivity index (χ2v) is 6.34. The lowest BCUT2D eigenvalue weighted by atomic mass is 9.87. The summed E-state index contributed by atoms with van der Waals surface area (Å²) in [4.78, 5) is 4.16. The molecular weight excluding hydrogens is 244 g/mol. The monoisotopic (exact) mass is 268 g/mol. The summed E-state index contributed by atoms with van der Waals surface area (Å²) in [7, 11) is 0. The average Bonchev–Trinajstić information content (AvgIpc) is 2.45. The maximum Gasteiger partial charge on any atom is 0.0315 e. The quantitative estimate of drug-likeness (QED) is 0.897. The van der Waals surface area contributed by atoms with Gasteiger partial charge in [-0.2, -0.15) is 0 Å². The van der Waals surface area contributed by atoms with Crippen molar-refractivity contribution < 1.29 is 0 Å². The van der Waals surface area contributed by atoms with Crippen molar-refractivity contribution in [2.24, 2.45) is 0 Å². The summed E-state index contributed by atoms with van der Waals surface area (Å²) < 4.78 is 0. The highest BCUT2D eigenvalue weighted by molar-refractivity contribution is 5.27. The fraction of sp³-hybridized carbons (Fsp3) is 0.389. The molecule has 1 heterocycles. The van der Waals surface area contributed by atoms with Crippen LogP contribution in [0.25, 0.3) is 0 Å². The van der Waals surface area contributed by atoms with Crippen molar-refractivity contribution in [3.63, 3.8) is 0 Å². The van der Waals surface area contributed by atoms with E-state index >= 15 is 0 Å². The largest absolute Gasteiger partial charge is 0.306 e. The molecule has 20 heavy (non-hydrogen) atoms. The minimum atomic E-state index is 0.217. The predicted molar refractivity (Wildman–Crippen MR) is 84.6 cm³/mol. The van der Waals surface area contributed by atoms with Crippen LogP contribution in [0.2, 0.25) is 0 Å². The van der Waals surface area contributed by atoms with E-state index in [1.807, 2.05) is 12.3 Å². The van der Waals surface area contributed by atoms with Crippen LogP contribution in [-0.4, -0.2) is 4.98 Å². The fourth-order valence-electron chi connectivity index (χ4n) is 2.14. The molecule has 0 amide bonds. The number of benzene rings is 1. The molecular formula is C18H24N2. The van der Waals surface area contributed by atoms with Crippen LogP contribution in [0.15, 0.2) is 48.8 Å². The molecule has 2 rings (SSSR count). The van der Waals surface area contributed by atoms with Gasteiger partial charge in [0.1, 0.15) is 0 Å². The van der Waals surface area contributed by atoms with Gasteiger partial charge in [-0.1, -0.05) is 51.1 Å². The summed E-state index contributed by atoms with van der Waals surface area (Å²) in [6.45, 7) is 9.77. The van der Waals surface area contributed by atoms with E-state index in [0.29, 0.717) is 6.04 Å². The van der Waals surface area contributed by atoms with Gasteiger partial charge in [0.2, 0.25) is 0 Å². The minimum absolute atomic E-state index is 0.217. The minimum Gasteiger partial charge on any atom is -0.306 e. The van der Waals surface area contributed by atoms with Crippen LogP contribution in [0.4, 0.5) is 0 Å². The first kappa shape index (κ1) is 14.7. The summed E-state index contributed by atoms with van der Waals surface area (Å²) in [5, 5.41) is 3.53. The Morgan fingerprint density at radius 1 is 1.10 bits per heavy atom. The van der Waals surface area contributed by atoms with Crippen molar-refractivity contribution in [1.82, 2.24) is 10.3 Å². The molecule has 0 radical (unpaired) electrons. The SMILES string of the molecule is C[C@@H](NCc1ccc(C(C)(C)C)cc1)c1cccnc1. The summed E-state index contributed by atoms with van der Waals surface area (Å²) in [6.07, 6.45) is 3.72. The van der Waals surface area contributed by atoms with Gasteiger partial charge < -0.3 is 5.32 Å². The Morgan fingerprint density at radius 2 is 1.80 bits per heavy atom. The lowest BCUT2D eigenvalue weighted by Crippen LogP contribution is -2.18. The number of rotatable bonds is 4. The van der Waals surface area contributed by atoms with Crippen molar-refractivity contribution in [2.75, 3.05) is 0 Å².